The summed E-state index contributed by atoms with van der Waals surface area (Å²) in [5.41, 5.74) is 0.216. The van der Waals surface area contributed by atoms with Crippen molar-refractivity contribution in [1.29, 1.82) is 0 Å². The summed E-state index contributed by atoms with van der Waals surface area (Å²) in [6.07, 6.45) is -0.256. The number of benzene rings is 1. The molecule has 0 aliphatic heterocycles. The third-order valence-electron chi connectivity index (χ3n) is 2.86. The largest absolute Gasteiger partial charge is 0.444 e. The number of hydrogen-bond acceptors (Lipinski definition) is 5. The van der Waals surface area contributed by atoms with E-state index in [0.717, 1.165) is 5.56 Å². The van der Waals surface area contributed by atoms with E-state index >= 15 is 0 Å². The van der Waals surface area contributed by atoms with Crippen LogP contribution in [0.4, 0.5) is 9.18 Å². The van der Waals surface area contributed by atoms with Gasteiger partial charge in [-0.2, -0.15) is 0 Å². The van der Waals surface area contributed by atoms with Gasteiger partial charge in [0.05, 0.1) is 13.1 Å². The van der Waals surface area contributed by atoms with Gasteiger partial charge in [0.15, 0.2) is 0 Å². The molecule has 0 radical (unpaired) electrons. The van der Waals surface area contributed by atoms with Gasteiger partial charge in [-0.1, -0.05) is 12.1 Å². The Labute approximate surface area is 146 Å². The summed E-state index contributed by atoms with van der Waals surface area (Å²) in [5.74, 6) is -1.18. The van der Waals surface area contributed by atoms with Crippen molar-refractivity contribution in [1.82, 2.24) is 16.0 Å². The molecule has 1 rings (SSSR count). The molecule has 0 saturated carbocycles. The van der Waals surface area contributed by atoms with Crippen molar-refractivity contribution in [2.45, 2.75) is 32.8 Å². The Morgan fingerprint density at radius 1 is 1.04 bits per heavy atom. The van der Waals surface area contributed by atoms with Crippen LogP contribution >= 0.6 is 0 Å². The lowest BCUT2D eigenvalue weighted by atomic mass is 10.1. The third kappa shape index (κ3) is 10.1. The Kier molecular flexibility index (Phi) is 8.00. The summed E-state index contributed by atoms with van der Waals surface area (Å²) >= 11 is 0. The predicted octanol–water partition coefficient (Wildman–Crippen LogP) is 1.13. The van der Waals surface area contributed by atoms with Crippen molar-refractivity contribution < 1.29 is 23.5 Å². The number of imide groups is 1. The molecule has 1 aromatic rings. The first-order valence-electron chi connectivity index (χ1n) is 7.90. The number of nitrogens with one attached hydrogen (secondary N) is 3. The number of amides is 3. The molecule has 0 spiro atoms. The molecule has 0 aliphatic carbocycles. The molecule has 0 atom stereocenters. The number of hydrogen-bond donors (Lipinski definition) is 3. The van der Waals surface area contributed by atoms with Crippen LogP contribution in [0, 0.1) is 5.82 Å². The van der Waals surface area contributed by atoms with Crippen LogP contribution in [0.5, 0.6) is 0 Å². The lowest BCUT2D eigenvalue weighted by Crippen LogP contribution is -2.43. The van der Waals surface area contributed by atoms with Crippen molar-refractivity contribution in [2.75, 3.05) is 19.6 Å². The second-order valence-electron chi connectivity index (χ2n) is 6.38. The molecule has 3 N–H and O–H groups in total. The highest BCUT2D eigenvalue weighted by atomic mass is 19.1. The molecular weight excluding hydrogens is 329 g/mol. The smallest absolute Gasteiger partial charge is 0.414 e. The van der Waals surface area contributed by atoms with E-state index in [1.807, 2.05) is 0 Å². The van der Waals surface area contributed by atoms with Crippen LogP contribution in [0.25, 0.3) is 0 Å². The molecule has 3 amide bonds. The molecule has 8 heteroatoms. The second kappa shape index (κ2) is 9.73. The SMILES string of the molecule is CC(C)(C)OC(=O)NC(=O)CNCC(=O)NCCc1ccc(F)cc1. The first kappa shape index (κ1) is 20.6. The van der Waals surface area contributed by atoms with E-state index in [0.29, 0.717) is 13.0 Å². The fraction of sp³-hybridized carbons (Fsp3) is 0.471. The first-order valence-corrected chi connectivity index (χ1v) is 7.90. The summed E-state index contributed by atoms with van der Waals surface area (Å²) < 4.78 is 17.7. The van der Waals surface area contributed by atoms with Crippen LogP contribution in [0.3, 0.4) is 0 Å². The molecule has 7 nitrogen and oxygen atoms in total. The quantitative estimate of drug-likeness (QED) is 0.683. The number of ether oxygens (including phenoxy) is 1. The van der Waals surface area contributed by atoms with Gasteiger partial charge < -0.3 is 10.1 Å². The maximum absolute atomic E-state index is 12.8. The third-order valence-corrected chi connectivity index (χ3v) is 2.86. The van der Waals surface area contributed by atoms with Crippen LogP contribution in [-0.4, -0.2) is 43.1 Å². The zero-order chi connectivity index (χ0) is 18.9. The highest BCUT2D eigenvalue weighted by molar-refractivity contribution is 5.93. The fourth-order valence-corrected chi connectivity index (χ4v) is 1.81. The van der Waals surface area contributed by atoms with Crippen LogP contribution < -0.4 is 16.0 Å². The van der Waals surface area contributed by atoms with Gasteiger partial charge in [-0.3, -0.25) is 20.2 Å². The summed E-state index contributed by atoms with van der Waals surface area (Å²) in [6.45, 7) is 5.20. The summed E-state index contributed by atoms with van der Waals surface area (Å²) in [4.78, 5) is 34.5. The average Bonchev–Trinajstić information content (AvgIpc) is 2.47. The Morgan fingerprint density at radius 3 is 2.24 bits per heavy atom. The van der Waals surface area contributed by atoms with Gasteiger partial charge in [-0.15, -0.1) is 0 Å². The van der Waals surface area contributed by atoms with Crippen LogP contribution in [-0.2, 0) is 20.7 Å². The molecule has 0 aromatic heterocycles. The maximum atomic E-state index is 12.8. The van der Waals surface area contributed by atoms with Crippen molar-refractivity contribution in [2.24, 2.45) is 0 Å². The molecule has 25 heavy (non-hydrogen) atoms. The van der Waals surface area contributed by atoms with Gasteiger partial charge >= 0.3 is 6.09 Å². The summed E-state index contributed by atoms with van der Waals surface area (Å²) in [6, 6.07) is 6.03. The zero-order valence-electron chi connectivity index (χ0n) is 14.6. The molecule has 1 aromatic carbocycles. The molecule has 0 fully saturated rings. The van der Waals surface area contributed by atoms with E-state index in [1.165, 1.54) is 12.1 Å². The number of halogens is 1. The molecule has 0 bridgehead atoms. The first-order chi connectivity index (χ1) is 11.7. The van der Waals surface area contributed by atoms with Gasteiger partial charge in [0, 0.05) is 6.54 Å². The topological polar surface area (TPSA) is 96.5 Å². The lowest BCUT2D eigenvalue weighted by Gasteiger charge is -2.19. The standard InChI is InChI=1S/C17H24FN3O4/c1-17(2,3)25-16(24)21-15(23)11-19-10-14(22)20-9-8-12-4-6-13(18)7-5-12/h4-7,19H,8-11H2,1-3H3,(H,20,22)(H,21,23,24). The number of alkyl carbamates (subject to hydrolysis) is 1. The molecule has 0 unspecified atom stereocenters. The highest BCUT2D eigenvalue weighted by Gasteiger charge is 2.17. The minimum atomic E-state index is -0.831. The van der Waals surface area contributed by atoms with E-state index in [4.69, 9.17) is 4.74 Å². The van der Waals surface area contributed by atoms with E-state index in [9.17, 15) is 18.8 Å². The van der Waals surface area contributed by atoms with Crippen LogP contribution in [0.2, 0.25) is 0 Å². The second-order valence-corrected chi connectivity index (χ2v) is 6.38. The maximum Gasteiger partial charge on any atom is 0.414 e. The number of carbonyl (C=O) groups excluding carboxylic acids is 3. The minimum Gasteiger partial charge on any atom is -0.444 e. The van der Waals surface area contributed by atoms with E-state index < -0.39 is 17.6 Å². The molecule has 138 valence electrons. The van der Waals surface area contributed by atoms with Gasteiger partial charge in [-0.25, -0.2) is 9.18 Å². The molecule has 0 heterocycles. The van der Waals surface area contributed by atoms with E-state index in [1.54, 1.807) is 32.9 Å². The average molecular weight is 353 g/mol. The van der Waals surface area contributed by atoms with Gasteiger partial charge in [-0.05, 0) is 44.9 Å². The van der Waals surface area contributed by atoms with Crippen molar-refractivity contribution in [3.63, 3.8) is 0 Å². The van der Waals surface area contributed by atoms with E-state index in [2.05, 4.69) is 16.0 Å². The highest BCUT2D eigenvalue weighted by Crippen LogP contribution is 2.06. The number of carbonyl (C=O) groups is 3. The Balaban J connectivity index is 2.14. The number of rotatable bonds is 7. The van der Waals surface area contributed by atoms with E-state index in [-0.39, 0.29) is 24.8 Å². The van der Waals surface area contributed by atoms with Crippen molar-refractivity contribution >= 4 is 17.9 Å². The summed E-state index contributed by atoms with van der Waals surface area (Å²) in [5, 5.41) is 7.36. The van der Waals surface area contributed by atoms with Gasteiger partial charge in [0.1, 0.15) is 11.4 Å². The Bertz CT molecular complexity index is 597. The molecular formula is C17H24FN3O4. The zero-order valence-corrected chi connectivity index (χ0v) is 14.6. The van der Waals surface area contributed by atoms with Gasteiger partial charge in [0.2, 0.25) is 11.8 Å². The van der Waals surface area contributed by atoms with Crippen LogP contribution in [0.1, 0.15) is 26.3 Å². The summed E-state index contributed by atoms with van der Waals surface area (Å²) in [7, 11) is 0. The minimum absolute atomic E-state index is 0.0643. The van der Waals surface area contributed by atoms with Crippen LogP contribution in [0.15, 0.2) is 24.3 Å². The lowest BCUT2D eigenvalue weighted by molar-refractivity contribution is -0.121. The molecule has 0 saturated heterocycles. The molecule has 0 aliphatic rings. The monoisotopic (exact) mass is 353 g/mol. The fourth-order valence-electron chi connectivity index (χ4n) is 1.81. The van der Waals surface area contributed by atoms with Crippen molar-refractivity contribution in [3.8, 4) is 0 Å². The van der Waals surface area contributed by atoms with Crippen molar-refractivity contribution in [3.05, 3.63) is 35.6 Å². The Hall–Kier alpha value is -2.48. The predicted molar refractivity (Wildman–Crippen MR) is 90.4 cm³/mol. The Morgan fingerprint density at radius 2 is 1.64 bits per heavy atom. The normalized spacial score (nSPS) is 10.9. The van der Waals surface area contributed by atoms with Gasteiger partial charge in [0.25, 0.3) is 0 Å².